The maximum Gasteiger partial charge on any atom is 0.337 e. The van der Waals surface area contributed by atoms with Gasteiger partial charge in [0.25, 0.3) is 0 Å². The minimum absolute atomic E-state index is 0.114. The monoisotopic (exact) mass is 281 g/mol. The lowest BCUT2D eigenvalue weighted by molar-refractivity contribution is 0.0698. The van der Waals surface area contributed by atoms with Gasteiger partial charge in [-0.15, -0.1) is 0 Å². The average Bonchev–Trinajstić information content (AvgIpc) is 2.22. The molecule has 0 aromatic heterocycles. The predicted octanol–water partition coefficient (Wildman–Crippen LogP) is 2.41. The number of nitrogen functional groups attached to an aromatic ring is 1. The van der Waals surface area contributed by atoms with Crippen molar-refractivity contribution in [3.8, 4) is 11.8 Å². The number of carbonyl (C=O) groups is 1. The first-order chi connectivity index (χ1) is 7.56. The van der Waals surface area contributed by atoms with Crippen molar-refractivity contribution in [3.05, 3.63) is 28.8 Å². The van der Waals surface area contributed by atoms with E-state index in [1.807, 2.05) is 6.92 Å². The molecule has 0 saturated carbocycles. The van der Waals surface area contributed by atoms with E-state index in [2.05, 4.69) is 27.8 Å². The second-order valence-electron chi connectivity index (χ2n) is 3.32. The van der Waals surface area contributed by atoms with Crippen molar-refractivity contribution in [2.24, 2.45) is 0 Å². The van der Waals surface area contributed by atoms with Crippen LogP contribution in [0.2, 0.25) is 0 Å². The molecule has 0 radical (unpaired) electrons. The van der Waals surface area contributed by atoms with Crippen LogP contribution in [-0.4, -0.2) is 16.4 Å². The van der Waals surface area contributed by atoms with E-state index >= 15 is 0 Å². The van der Waals surface area contributed by atoms with Crippen molar-refractivity contribution < 1.29 is 9.90 Å². The second-order valence-corrected chi connectivity index (χ2v) is 4.11. The van der Waals surface area contributed by atoms with Gasteiger partial charge in [-0.2, -0.15) is 0 Å². The van der Waals surface area contributed by atoms with Crippen LogP contribution < -0.4 is 5.73 Å². The van der Waals surface area contributed by atoms with Gasteiger partial charge >= 0.3 is 5.97 Å². The maximum atomic E-state index is 10.9. The van der Waals surface area contributed by atoms with E-state index in [9.17, 15) is 4.79 Å². The number of hydrogen-bond donors (Lipinski definition) is 2. The molecule has 0 bridgehead atoms. The zero-order valence-electron chi connectivity index (χ0n) is 8.88. The van der Waals surface area contributed by atoms with Gasteiger partial charge in [0.05, 0.1) is 11.3 Å². The quantitative estimate of drug-likeness (QED) is 0.497. The van der Waals surface area contributed by atoms with Gasteiger partial charge in [-0.1, -0.05) is 27.8 Å². The molecule has 0 saturated heterocycles. The molecule has 3 N–H and O–H groups in total. The topological polar surface area (TPSA) is 63.3 Å². The lowest BCUT2D eigenvalue weighted by Gasteiger charge is -2.05. The molecule has 84 valence electrons. The van der Waals surface area contributed by atoms with Crippen LogP contribution in [0.4, 0.5) is 5.69 Å². The molecule has 3 nitrogen and oxygen atoms in total. The first-order valence-corrected chi connectivity index (χ1v) is 5.86. The Hall–Kier alpha value is -1.47. The summed E-state index contributed by atoms with van der Waals surface area (Å²) in [6.07, 6.45) is 0.704. The minimum Gasteiger partial charge on any atom is -0.478 e. The Morgan fingerprint density at radius 1 is 1.56 bits per heavy atom. The Balaban J connectivity index is 3.21. The third kappa shape index (κ3) is 3.01. The molecule has 0 atom stereocenters. The van der Waals surface area contributed by atoms with Gasteiger partial charge < -0.3 is 10.8 Å². The molecule has 0 aliphatic heterocycles. The Bertz CT molecular complexity index is 472. The van der Waals surface area contributed by atoms with E-state index in [4.69, 9.17) is 10.8 Å². The zero-order valence-corrected chi connectivity index (χ0v) is 10.5. The number of halogens is 1. The van der Waals surface area contributed by atoms with Gasteiger partial charge in [0.1, 0.15) is 0 Å². The van der Waals surface area contributed by atoms with Crippen LogP contribution in [0.5, 0.6) is 0 Å². The third-order valence-electron chi connectivity index (χ3n) is 2.00. The molecular weight excluding hydrogens is 270 g/mol. The lowest BCUT2D eigenvalue weighted by Crippen LogP contribution is -2.05. The molecule has 1 aromatic carbocycles. The number of anilines is 1. The first-order valence-electron chi connectivity index (χ1n) is 4.74. The molecule has 4 heteroatoms. The molecule has 1 rings (SSSR count). The average molecular weight is 282 g/mol. The molecular formula is C12H12BrNO2. The summed E-state index contributed by atoms with van der Waals surface area (Å²) >= 11 is 3.27. The largest absolute Gasteiger partial charge is 0.478 e. The van der Waals surface area contributed by atoms with E-state index < -0.39 is 5.97 Å². The molecule has 1 aromatic rings. The van der Waals surface area contributed by atoms with Gasteiger partial charge in [0.15, 0.2) is 0 Å². The van der Waals surface area contributed by atoms with Crippen LogP contribution in [0, 0.1) is 18.8 Å². The van der Waals surface area contributed by atoms with Crippen LogP contribution >= 0.6 is 15.9 Å². The molecule has 0 heterocycles. The fourth-order valence-corrected chi connectivity index (χ4v) is 1.48. The molecule has 0 spiro atoms. The molecule has 0 unspecified atom stereocenters. The SMILES string of the molecule is Cc1cc(C#CCCBr)c(N)c(C(=O)O)c1. The zero-order chi connectivity index (χ0) is 12.1. The Labute approximate surface area is 103 Å². The number of hydrogen-bond acceptors (Lipinski definition) is 2. The Morgan fingerprint density at radius 3 is 2.81 bits per heavy atom. The summed E-state index contributed by atoms with van der Waals surface area (Å²) in [5, 5.41) is 9.74. The van der Waals surface area contributed by atoms with E-state index in [1.165, 1.54) is 0 Å². The first kappa shape index (κ1) is 12.6. The van der Waals surface area contributed by atoms with Crippen LogP contribution in [0.3, 0.4) is 0 Å². The highest BCUT2D eigenvalue weighted by Crippen LogP contribution is 2.19. The highest BCUT2D eigenvalue weighted by molar-refractivity contribution is 9.09. The van der Waals surface area contributed by atoms with Crippen molar-refractivity contribution in [2.45, 2.75) is 13.3 Å². The fraction of sp³-hybridized carbons (Fsp3) is 0.250. The molecule has 16 heavy (non-hydrogen) atoms. The number of carboxylic acids is 1. The van der Waals surface area contributed by atoms with Crippen molar-refractivity contribution in [1.29, 1.82) is 0 Å². The van der Waals surface area contributed by atoms with Gasteiger partial charge in [0.2, 0.25) is 0 Å². The Kier molecular flexibility index (Phi) is 4.39. The normalized spacial score (nSPS) is 9.38. The van der Waals surface area contributed by atoms with Gasteiger partial charge in [-0.05, 0) is 24.6 Å². The Morgan fingerprint density at radius 2 is 2.25 bits per heavy atom. The van der Waals surface area contributed by atoms with Crippen molar-refractivity contribution in [3.63, 3.8) is 0 Å². The predicted molar refractivity (Wildman–Crippen MR) is 67.8 cm³/mol. The van der Waals surface area contributed by atoms with Crippen LogP contribution in [0.15, 0.2) is 12.1 Å². The van der Waals surface area contributed by atoms with Crippen LogP contribution in [0.25, 0.3) is 0 Å². The maximum absolute atomic E-state index is 10.9. The number of benzene rings is 1. The minimum atomic E-state index is -1.02. The van der Waals surface area contributed by atoms with Gasteiger partial charge in [-0.3, -0.25) is 0 Å². The summed E-state index contributed by atoms with van der Waals surface area (Å²) in [6, 6.07) is 3.34. The van der Waals surface area contributed by atoms with E-state index in [0.29, 0.717) is 12.0 Å². The summed E-state index contributed by atoms with van der Waals surface area (Å²) in [6.45, 7) is 1.82. The van der Waals surface area contributed by atoms with Crippen LogP contribution in [-0.2, 0) is 0 Å². The number of carboxylic acid groups (broad SMARTS) is 1. The van der Waals surface area contributed by atoms with E-state index in [0.717, 1.165) is 10.9 Å². The van der Waals surface area contributed by atoms with Gasteiger partial charge in [-0.25, -0.2) is 4.79 Å². The third-order valence-corrected chi connectivity index (χ3v) is 2.39. The van der Waals surface area contributed by atoms with E-state index in [1.54, 1.807) is 12.1 Å². The summed E-state index contributed by atoms with van der Waals surface area (Å²) in [5.41, 5.74) is 7.51. The van der Waals surface area contributed by atoms with Crippen molar-refractivity contribution in [1.82, 2.24) is 0 Å². The highest BCUT2D eigenvalue weighted by Gasteiger charge is 2.11. The summed E-state index contributed by atoms with van der Waals surface area (Å²) in [5.74, 6) is 4.77. The van der Waals surface area contributed by atoms with Crippen LogP contribution in [0.1, 0.15) is 27.9 Å². The van der Waals surface area contributed by atoms with Crippen molar-refractivity contribution in [2.75, 3.05) is 11.1 Å². The smallest absolute Gasteiger partial charge is 0.337 e. The fourth-order valence-electron chi connectivity index (χ4n) is 1.28. The summed E-state index contributed by atoms with van der Waals surface area (Å²) in [4.78, 5) is 10.9. The number of alkyl halides is 1. The molecule has 0 fully saturated rings. The summed E-state index contributed by atoms with van der Waals surface area (Å²) < 4.78 is 0. The highest BCUT2D eigenvalue weighted by atomic mass is 79.9. The summed E-state index contributed by atoms with van der Waals surface area (Å²) in [7, 11) is 0. The second kappa shape index (κ2) is 5.57. The number of rotatable bonds is 2. The molecule has 0 amide bonds. The molecule has 0 aliphatic carbocycles. The van der Waals surface area contributed by atoms with E-state index in [-0.39, 0.29) is 11.3 Å². The number of aromatic carboxylic acids is 1. The lowest BCUT2D eigenvalue weighted by atomic mass is 10.0. The standard InChI is InChI=1S/C12H12BrNO2/c1-8-6-9(4-2-3-5-13)11(14)10(7-8)12(15)16/h6-7H,3,5,14H2,1H3,(H,15,16). The molecule has 0 aliphatic rings. The van der Waals surface area contributed by atoms with Crippen molar-refractivity contribution >= 4 is 27.6 Å². The number of nitrogens with two attached hydrogens (primary N) is 1. The number of aryl methyl sites for hydroxylation is 1. The van der Waals surface area contributed by atoms with Gasteiger partial charge in [0, 0.05) is 17.3 Å².